The van der Waals surface area contributed by atoms with Crippen LogP contribution in [0, 0.1) is 0 Å². The van der Waals surface area contributed by atoms with Crippen LogP contribution in [0.4, 0.5) is 0 Å². The molecule has 0 atom stereocenters. The molecular weight excluding hydrogens is 295 g/mol. The van der Waals surface area contributed by atoms with Gasteiger partial charge < -0.3 is 0 Å². The average Bonchev–Trinajstić information content (AvgIpc) is 2.49. The molecule has 20 heavy (non-hydrogen) atoms. The van der Waals surface area contributed by atoms with Crippen LogP contribution in [0.25, 0.3) is 0 Å². The van der Waals surface area contributed by atoms with E-state index in [0.717, 1.165) is 12.8 Å². The van der Waals surface area contributed by atoms with Crippen LogP contribution < -0.4 is 0 Å². The molecule has 0 amide bonds. The van der Waals surface area contributed by atoms with E-state index in [4.69, 9.17) is 11.2 Å². The van der Waals surface area contributed by atoms with E-state index in [9.17, 15) is 15.3 Å². The number of unbranched alkanes of at least 4 members (excludes halogenated alkanes) is 9. The van der Waals surface area contributed by atoms with Crippen molar-refractivity contribution in [3.63, 3.8) is 0 Å². The molecular formula is C15H34ClO3P. The molecule has 0 spiro atoms. The van der Waals surface area contributed by atoms with Gasteiger partial charge in [0.15, 0.2) is 0 Å². The minimum absolute atomic E-state index is 0.266. The van der Waals surface area contributed by atoms with Crippen LogP contribution in [0.15, 0.2) is 0 Å². The van der Waals surface area contributed by atoms with Gasteiger partial charge in [0.05, 0.1) is 0 Å². The molecule has 3 nitrogen and oxygen atoms in total. The van der Waals surface area contributed by atoms with Crippen LogP contribution in [0.1, 0.15) is 71.1 Å². The number of hydrogen-bond acceptors (Lipinski definition) is 3. The van der Waals surface area contributed by atoms with E-state index in [2.05, 4.69) is 6.92 Å². The maximum atomic E-state index is 9.39. The summed E-state index contributed by atoms with van der Waals surface area (Å²) in [4.78, 5) is 0. The quantitative estimate of drug-likeness (QED) is 0.326. The molecule has 0 unspecified atom stereocenters. The molecule has 124 valence electrons. The average molecular weight is 329 g/mol. The Bertz CT molecular complexity index is 224. The topological polar surface area (TPSA) is 60.7 Å². The van der Waals surface area contributed by atoms with E-state index in [1.807, 2.05) is 0 Å². The predicted molar refractivity (Wildman–Crippen MR) is 90.7 cm³/mol. The molecule has 0 aliphatic rings. The third kappa shape index (κ3) is 8.14. The summed E-state index contributed by atoms with van der Waals surface area (Å²) in [6.07, 6.45) is 12.2. The Morgan fingerprint density at radius 3 is 1.35 bits per heavy atom. The first-order chi connectivity index (χ1) is 9.54. The van der Waals surface area contributed by atoms with E-state index in [-0.39, 0.29) is 19.0 Å². The number of aliphatic hydroxyl groups is 3. The summed E-state index contributed by atoms with van der Waals surface area (Å²) < 4.78 is 0. The van der Waals surface area contributed by atoms with Crippen molar-refractivity contribution < 1.29 is 15.3 Å². The zero-order chi connectivity index (χ0) is 15.3. The second kappa shape index (κ2) is 11.2. The SMILES string of the molecule is CCCCCCCCCCCCP(Cl)(CO)(CO)CO. The van der Waals surface area contributed by atoms with Crippen molar-refractivity contribution in [1.82, 2.24) is 0 Å². The van der Waals surface area contributed by atoms with Crippen LogP contribution in [0.2, 0.25) is 0 Å². The molecule has 0 bridgehead atoms. The van der Waals surface area contributed by atoms with Crippen LogP contribution in [0.5, 0.6) is 0 Å². The summed E-state index contributed by atoms with van der Waals surface area (Å²) >= 11 is 6.34. The van der Waals surface area contributed by atoms with Gasteiger partial charge in [-0.2, -0.15) is 0 Å². The molecule has 0 aromatic rings. The van der Waals surface area contributed by atoms with Gasteiger partial charge in [-0.25, -0.2) is 0 Å². The Morgan fingerprint density at radius 2 is 1.00 bits per heavy atom. The molecule has 0 fully saturated rings. The first-order valence-corrected chi connectivity index (χ1v) is 12.0. The van der Waals surface area contributed by atoms with Gasteiger partial charge in [-0.3, -0.25) is 0 Å². The first kappa shape index (κ1) is 20.6. The van der Waals surface area contributed by atoms with E-state index in [1.54, 1.807) is 0 Å². The van der Waals surface area contributed by atoms with Gasteiger partial charge in [0.25, 0.3) is 0 Å². The van der Waals surface area contributed by atoms with Crippen LogP contribution in [-0.4, -0.2) is 40.5 Å². The third-order valence-corrected chi connectivity index (χ3v) is 9.15. The van der Waals surface area contributed by atoms with Crippen molar-refractivity contribution in [2.45, 2.75) is 71.1 Å². The molecule has 0 saturated heterocycles. The Morgan fingerprint density at radius 1 is 0.650 bits per heavy atom. The Balaban J connectivity index is 3.56. The van der Waals surface area contributed by atoms with Gasteiger partial charge in [-0.1, -0.05) is 0 Å². The molecule has 3 N–H and O–H groups in total. The van der Waals surface area contributed by atoms with Gasteiger partial charge in [0.1, 0.15) is 0 Å². The first-order valence-electron chi connectivity index (χ1n) is 8.09. The number of halogens is 1. The molecule has 0 heterocycles. The summed E-state index contributed by atoms with van der Waals surface area (Å²) in [5, 5.41) is 28.2. The van der Waals surface area contributed by atoms with Crippen molar-refractivity contribution in [2.24, 2.45) is 0 Å². The second-order valence-electron chi connectivity index (χ2n) is 6.15. The fraction of sp³-hybridized carbons (Fsp3) is 1.00. The number of hydrogen-bond donors (Lipinski definition) is 3. The standard InChI is InChI=1S/C15H34ClO3P/c1-2-3-4-5-6-7-8-9-10-11-12-20(16,13-17,14-18)15-19/h17-19H,2-15H2,1H3. The van der Waals surface area contributed by atoms with Gasteiger partial charge in [-0.15, -0.1) is 0 Å². The van der Waals surface area contributed by atoms with E-state index < -0.39 is 5.96 Å². The predicted octanol–water partition coefficient (Wildman–Crippen LogP) is 4.46. The molecule has 0 aliphatic heterocycles. The zero-order valence-electron chi connectivity index (χ0n) is 13.1. The monoisotopic (exact) mass is 328 g/mol. The zero-order valence-corrected chi connectivity index (χ0v) is 14.7. The molecule has 0 aliphatic carbocycles. The summed E-state index contributed by atoms with van der Waals surface area (Å²) in [5.41, 5.74) is 0. The fourth-order valence-electron chi connectivity index (χ4n) is 2.34. The van der Waals surface area contributed by atoms with Crippen molar-refractivity contribution in [2.75, 3.05) is 25.2 Å². The Labute approximate surface area is 129 Å². The van der Waals surface area contributed by atoms with Crippen molar-refractivity contribution in [3.05, 3.63) is 0 Å². The van der Waals surface area contributed by atoms with Crippen molar-refractivity contribution in [1.29, 1.82) is 0 Å². The summed E-state index contributed by atoms with van der Waals surface area (Å²) in [6.45, 7) is 2.23. The molecule has 0 rings (SSSR count). The Hall–Kier alpha value is 0.600. The normalized spacial score (nSPS) is 14.2. The van der Waals surface area contributed by atoms with Crippen LogP contribution in [0.3, 0.4) is 0 Å². The molecule has 5 heteroatoms. The Kier molecular flexibility index (Phi) is 11.5. The second-order valence-corrected chi connectivity index (χ2v) is 14.0. The van der Waals surface area contributed by atoms with Gasteiger partial charge in [-0.05, 0) is 0 Å². The van der Waals surface area contributed by atoms with Crippen molar-refractivity contribution >= 4 is 17.2 Å². The van der Waals surface area contributed by atoms with Crippen LogP contribution in [-0.2, 0) is 0 Å². The van der Waals surface area contributed by atoms with Gasteiger partial charge in [0, 0.05) is 0 Å². The summed E-state index contributed by atoms with van der Waals surface area (Å²) in [7, 11) is 0. The number of aliphatic hydroxyl groups excluding tert-OH is 3. The van der Waals surface area contributed by atoms with Crippen LogP contribution >= 0.6 is 17.2 Å². The summed E-state index contributed by atoms with van der Waals surface area (Å²) in [5.74, 6) is -3.14. The number of rotatable bonds is 14. The minimum atomic E-state index is -3.14. The molecule has 0 radical (unpaired) electrons. The van der Waals surface area contributed by atoms with E-state index in [1.165, 1.54) is 51.4 Å². The van der Waals surface area contributed by atoms with Crippen molar-refractivity contribution in [3.8, 4) is 0 Å². The van der Waals surface area contributed by atoms with Gasteiger partial charge >= 0.3 is 129 Å². The van der Waals surface area contributed by atoms with Gasteiger partial charge in [0.2, 0.25) is 0 Å². The molecule has 0 aromatic carbocycles. The van der Waals surface area contributed by atoms with E-state index >= 15 is 0 Å². The van der Waals surface area contributed by atoms with E-state index in [0.29, 0.717) is 6.16 Å². The maximum absolute atomic E-state index is 9.39. The summed E-state index contributed by atoms with van der Waals surface area (Å²) in [6, 6.07) is 0. The third-order valence-electron chi connectivity index (χ3n) is 4.13. The fourth-order valence-corrected chi connectivity index (χ4v) is 4.41. The molecule has 0 saturated carbocycles. The molecule has 0 aromatic heterocycles.